The number of hydrogen-bond donors (Lipinski definition) is 1. The van der Waals surface area contributed by atoms with Gasteiger partial charge in [0.25, 0.3) is 16.7 Å². The minimum Gasteiger partial charge on any atom is -0.464 e. The first-order chi connectivity index (χ1) is 33.6. The second kappa shape index (κ2) is 18.1. The monoisotopic (exact) mass is 933 g/mol. The molecule has 3 aliphatic rings. The van der Waals surface area contributed by atoms with Crippen molar-refractivity contribution in [1.29, 1.82) is 0 Å². The predicted octanol–water partition coefficient (Wildman–Crippen LogP) is 8.43. The summed E-state index contributed by atoms with van der Waals surface area (Å²) in [7, 11) is 0. The van der Waals surface area contributed by atoms with E-state index in [0.717, 1.165) is 22.1 Å². The Balaban J connectivity index is 0.000000121. The van der Waals surface area contributed by atoms with Crippen LogP contribution in [0.15, 0.2) is 160 Å². The predicted molar refractivity (Wildman–Crippen MR) is 266 cm³/mol. The van der Waals surface area contributed by atoms with E-state index < -0.39 is 5.97 Å². The first-order valence-corrected chi connectivity index (χ1v) is 22.8. The lowest BCUT2D eigenvalue weighted by atomic mass is 10.0. The van der Waals surface area contributed by atoms with Crippen molar-refractivity contribution >= 4 is 67.2 Å². The lowest BCUT2D eigenvalue weighted by Gasteiger charge is -2.14. The van der Waals surface area contributed by atoms with Gasteiger partial charge in [0, 0.05) is 91.6 Å². The van der Waals surface area contributed by atoms with E-state index in [1.165, 1.54) is 11.5 Å². The van der Waals surface area contributed by atoms with Crippen molar-refractivity contribution in [3.63, 3.8) is 0 Å². The van der Waals surface area contributed by atoms with Crippen molar-refractivity contribution in [3.8, 4) is 33.8 Å². The topological polar surface area (TPSA) is 164 Å². The van der Waals surface area contributed by atoms with Gasteiger partial charge >= 0.3 is 5.97 Å². The van der Waals surface area contributed by atoms with Crippen LogP contribution in [0.25, 0.3) is 66.1 Å². The van der Waals surface area contributed by atoms with E-state index in [4.69, 9.17) is 16.3 Å². The molecule has 3 aliphatic carbocycles. The maximum Gasteiger partial charge on any atom is 0.302 e. The number of ether oxygens (including phenoxy) is 1. The van der Waals surface area contributed by atoms with Gasteiger partial charge in [-0.3, -0.25) is 33.6 Å². The highest BCUT2D eigenvalue weighted by atomic mass is 35.5. The summed E-state index contributed by atoms with van der Waals surface area (Å²) in [6, 6.07) is 43.5. The summed E-state index contributed by atoms with van der Waals surface area (Å²) >= 11 is 5.88. The van der Waals surface area contributed by atoms with Gasteiger partial charge in [0.1, 0.15) is 6.61 Å². The van der Waals surface area contributed by atoms with E-state index in [-0.39, 0.29) is 60.3 Å². The van der Waals surface area contributed by atoms with E-state index in [1.807, 2.05) is 97.1 Å². The number of halogens is 1. The lowest BCUT2D eigenvalue weighted by molar-refractivity contribution is -0.141. The molecule has 12 rings (SSSR count). The van der Waals surface area contributed by atoms with Gasteiger partial charge < -0.3 is 23.5 Å². The third-order valence-electron chi connectivity index (χ3n) is 12.7. The standard InChI is InChI=1S/C20H15NO4.C18H12ClNO2.C18H13NO3/c1-12(22)25-11-10-21-18-14-7-3-4-8-15(14)19(23)17(18)13-6-2-5-9-16(13)20(21)24;19-9-10-20-16-12-6-2-3-7-13(12)17(21)15(16)11-5-1-4-8-14(11)18(20)22;20-10-9-19-16-12-6-2-3-7-13(12)17(21)15(16)11-5-1-4-8-14(11)18(19)22/h2-9H,10-11H2,1H3;1-8H,9-10H2;1-8,20H,9-10H2. The Hall–Kier alpha value is -8.32. The molecule has 1 N–H and O–H groups in total. The molecule has 0 atom stereocenters. The molecule has 0 radical (unpaired) electrons. The Morgan fingerprint density at radius 2 is 0.725 bits per heavy atom. The fraction of sp³-hybridized carbons (Fsp3) is 0.125. The van der Waals surface area contributed by atoms with Gasteiger partial charge in [0.05, 0.1) is 46.9 Å². The fourth-order valence-electron chi connectivity index (χ4n) is 9.89. The molecule has 3 aromatic heterocycles. The molecular weight excluding hydrogens is 894 g/mol. The van der Waals surface area contributed by atoms with Crippen LogP contribution >= 0.6 is 11.6 Å². The maximum atomic E-state index is 13.0. The second-order valence-corrected chi connectivity index (χ2v) is 16.9. The van der Waals surface area contributed by atoms with Crippen LogP contribution < -0.4 is 16.7 Å². The highest BCUT2D eigenvalue weighted by molar-refractivity contribution is 6.28. The number of aliphatic hydroxyl groups is 1. The van der Waals surface area contributed by atoms with Crippen molar-refractivity contribution in [2.75, 3.05) is 19.1 Å². The van der Waals surface area contributed by atoms with Crippen LogP contribution in [0.1, 0.15) is 54.7 Å². The summed E-state index contributed by atoms with van der Waals surface area (Å²) in [4.78, 5) is 88.1. The van der Waals surface area contributed by atoms with Crippen molar-refractivity contribution < 1.29 is 29.0 Å². The number of pyridine rings is 3. The molecule has 0 saturated heterocycles. The molecule has 0 aliphatic heterocycles. The molecule has 0 amide bonds. The molecular formula is C56H40ClN3O9. The summed E-state index contributed by atoms with van der Waals surface area (Å²) in [5.41, 5.74) is 7.36. The normalized spacial score (nSPS) is 12.4. The average Bonchev–Trinajstić information content (AvgIpc) is 3.97. The van der Waals surface area contributed by atoms with E-state index >= 15 is 0 Å². The number of ketones is 3. The summed E-state index contributed by atoms with van der Waals surface area (Å²) < 4.78 is 9.70. The molecule has 0 spiro atoms. The molecule has 3 heterocycles. The number of aliphatic hydroxyl groups excluding tert-OH is 1. The maximum absolute atomic E-state index is 13.0. The molecule has 12 nitrogen and oxygen atoms in total. The van der Waals surface area contributed by atoms with Gasteiger partial charge in [-0.1, -0.05) is 127 Å². The molecule has 9 aromatic rings. The van der Waals surface area contributed by atoms with Crippen LogP contribution in [0.4, 0.5) is 0 Å². The number of carbonyl (C=O) groups is 4. The highest BCUT2D eigenvalue weighted by Gasteiger charge is 2.35. The van der Waals surface area contributed by atoms with Crippen LogP contribution in [0.3, 0.4) is 0 Å². The molecule has 0 fully saturated rings. The van der Waals surface area contributed by atoms with E-state index in [9.17, 15) is 38.7 Å². The Morgan fingerprint density at radius 3 is 1.04 bits per heavy atom. The molecule has 13 heteroatoms. The number of esters is 1. The number of benzene rings is 6. The number of hydrogen-bond acceptors (Lipinski definition) is 9. The van der Waals surface area contributed by atoms with Crippen molar-refractivity contribution in [2.24, 2.45) is 0 Å². The van der Waals surface area contributed by atoms with Crippen LogP contribution in [-0.2, 0) is 29.2 Å². The Kier molecular flexibility index (Phi) is 11.6. The first kappa shape index (κ1) is 44.5. The Bertz CT molecular complexity index is 3700. The molecule has 340 valence electrons. The molecule has 6 aromatic carbocycles. The number of nitrogens with zero attached hydrogens (tertiary/aromatic N) is 3. The zero-order valence-corrected chi connectivity index (χ0v) is 37.8. The molecule has 0 bridgehead atoms. The first-order valence-electron chi connectivity index (χ1n) is 22.3. The average molecular weight is 934 g/mol. The van der Waals surface area contributed by atoms with Crippen LogP contribution in [0.5, 0.6) is 0 Å². The third-order valence-corrected chi connectivity index (χ3v) is 12.9. The number of alkyl halides is 1. The zero-order chi connectivity index (χ0) is 48.1. The summed E-state index contributed by atoms with van der Waals surface area (Å²) in [5.74, 6) is -0.246. The number of fused-ring (bicyclic) bond motifs is 15. The van der Waals surface area contributed by atoms with Crippen LogP contribution in [0, 0.1) is 0 Å². The highest BCUT2D eigenvalue weighted by Crippen LogP contribution is 2.41. The van der Waals surface area contributed by atoms with Crippen LogP contribution in [-0.4, -0.2) is 61.2 Å². The van der Waals surface area contributed by atoms with Crippen molar-refractivity contribution in [2.45, 2.75) is 26.6 Å². The number of carbonyl (C=O) groups excluding carboxylic acids is 4. The minimum absolute atomic E-state index is 0.0230. The smallest absolute Gasteiger partial charge is 0.302 e. The van der Waals surface area contributed by atoms with E-state index in [0.29, 0.717) is 89.8 Å². The third kappa shape index (κ3) is 7.23. The number of rotatable bonds is 7. The zero-order valence-electron chi connectivity index (χ0n) is 37.0. The van der Waals surface area contributed by atoms with Crippen molar-refractivity contribution in [3.05, 3.63) is 210 Å². The van der Waals surface area contributed by atoms with Gasteiger partial charge in [-0.2, -0.15) is 0 Å². The SMILES string of the molecule is CC(=O)OCCn1c2c(c3ccccc3c1=O)C(=O)c1ccccc1-2.O=C1c2ccccc2-c2c1c1ccccc1c(=O)n2CCCl.O=C1c2ccccc2-c2c1c1ccccc1c(=O)n2CCO. The van der Waals surface area contributed by atoms with Crippen LogP contribution in [0.2, 0.25) is 0 Å². The van der Waals surface area contributed by atoms with E-state index in [2.05, 4.69) is 0 Å². The van der Waals surface area contributed by atoms with Gasteiger partial charge in [-0.25, -0.2) is 0 Å². The molecule has 0 saturated carbocycles. The van der Waals surface area contributed by atoms with E-state index in [1.54, 1.807) is 57.7 Å². The molecule has 0 unspecified atom stereocenters. The van der Waals surface area contributed by atoms with Gasteiger partial charge in [0.2, 0.25) is 0 Å². The summed E-state index contributed by atoms with van der Waals surface area (Å²) in [6.45, 7) is 2.01. The van der Waals surface area contributed by atoms with Gasteiger partial charge in [-0.15, -0.1) is 11.6 Å². The summed E-state index contributed by atoms with van der Waals surface area (Å²) in [5, 5.41) is 12.9. The fourth-order valence-corrected chi connectivity index (χ4v) is 10.1. The Labute approximate surface area is 397 Å². The quantitative estimate of drug-likeness (QED) is 0.122. The van der Waals surface area contributed by atoms with Gasteiger partial charge in [0.15, 0.2) is 17.3 Å². The van der Waals surface area contributed by atoms with Gasteiger partial charge in [-0.05, 0) is 18.2 Å². The number of aromatic nitrogens is 3. The van der Waals surface area contributed by atoms with Crippen molar-refractivity contribution in [1.82, 2.24) is 13.7 Å². The Morgan fingerprint density at radius 1 is 0.435 bits per heavy atom. The second-order valence-electron chi connectivity index (χ2n) is 16.6. The largest absolute Gasteiger partial charge is 0.464 e. The minimum atomic E-state index is -0.401. The summed E-state index contributed by atoms with van der Waals surface area (Å²) in [6.07, 6.45) is 0. The lowest BCUT2D eigenvalue weighted by Crippen LogP contribution is -2.25. The molecule has 69 heavy (non-hydrogen) atoms.